The Hall–Kier alpha value is -1.46. The van der Waals surface area contributed by atoms with E-state index in [4.69, 9.17) is 4.99 Å². The maximum Gasteiger partial charge on any atom is 0.348 e. The molecule has 6 heteroatoms. The number of hydrogen-bond donors (Lipinski definition) is 1. The summed E-state index contributed by atoms with van der Waals surface area (Å²) in [6.45, 7) is 30.3. The lowest BCUT2D eigenvalue weighted by Gasteiger charge is -2.32. The molecule has 0 rings (SSSR count). The molecule has 178 valence electrons. The van der Waals surface area contributed by atoms with Gasteiger partial charge in [0.1, 0.15) is 0 Å². The SMILES string of the molecule is CCN(CC)C(=NCC(C)CCCNC(N(CC)CC)=[N+](CC)CC)N(CC)CC. The Morgan fingerprint density at radius 2 is 1.23 bits per heavy atom. The van der Waals surface area contributed by atoms with E-state index in [0.717, 1.165) is 65.4 Å². The van der Waals surface area contributed by atoms with Gasteiger partial charge in [0.05, 0.1) is 32.7 Å². The van der Waals surface area contributed by atoms with Gasteiger partial charge in [0.25, 0.3) is 0 Å². The Morgan fingerprint density at radius 3 is 1.63 bits per heavy atom. The highest BCUT2D eigenvalue weighted by Crippen LogP contribution is 2.08. The second kappa shape index (κ2) is 17.2. The first kappa shape index (κ1) is 28.5. The van der Waals surface area contributed by atoms with Gasteiger partial charge in [-0.2, -0.15) is 0 Å². The molecule has 0 aromatic rings. The molecule has 0 bridgehead atoms. The molecule has 0 aromatic heterocycles. The molecule has 1 unspecified atom stereocenters. The van der Waals surface area contributed by atoms with E-state index in [2.05, 4.69) is 86.9 Å². The van der Waals surface area contributed by atoms with Crippen LogP contribution in [0.15, 0.2) is 4.99 Å². The van der Waals surface area contributed by atoms with Crippen LogP contribution in [0.4, 0.5) is 0 Å². The van der Waals surface area contributed by atoms with Gasteiger partial charge in [-0.05, 0) is 74.1 Å². The third kappa shape index (κ3) is 9.57. The monoisotopic (exact) mass is 425 g/mol. The predicted octanol–water partition coefficient (Wildman–Crippen LogP) is 3.78. The van der Waals surface area contributed by atoms with Gasteiger partial charge in [-0.25, -0.2) is 0 Å². The van der Waals surface area contributed by atoms with Crippen LogP contribution in [-0.4, -0.2) is 96.6 Å². The van der Waals surface area contributed by atoms with E-state index >= 15 is 0 Å². The lowest BCUT2D eigenvalue weighted by molar-refractivity contribution is -0.527. The molecule has 0 radical (unpaired) electrons. The van der Waals surface area contributed by atoms with Crippen molar-refractivity contribution >= 4 is 11.9 Å². The second-order valence-electron chi connectivity index (χ2n) is 7.83. The number of guanidine groups is 2. The van der Waals surface area contributed by atoms with Gasteiger partial charge < -0.3 is 9.80 Å². The van der Waals surface area contributed by atoms with E-state index in [-0.39, 0.29) is 0 Å². The van der Waals surface area contributed by atoms with Crippen molar-refractivity contribution in [1.82, 2.24) is 20.0 Å². The fourth-order valence-corrected chi connectivity index (χ4v) is 3.86. The van der Waals surface area contributed by atoms with E-state index in [9.17, 15) is 0 Å². The van der Waals surface area contributed by atoms with Crippen molar-refractivity contribution in [3.05, 3.63) is 0 Å². The second-order valence-corrected chi connectivity index (χ2v) is 7.83. The molecule has 1 N–H and O–H groups in total. The molecule has 0 aliphatic carbocycles. The van der Waals surface area contributed by atoms with Crippen LogP contribution in [0.3, 0.4) is 0 Å². The van der Waals surface area contributed by atoms with Crippen LogP contribution < -0.4 is 5.32 Å². The van der Waals surface area contributed by atoms with Gasteiger partial charge in [-0.3, -0.25) is 19.8 Å². The maximum atomic E-state index is 5.06. The minimum atomic E-state index is 0.596. The quantitative estimate of drug-likeness (QED) is 0.199. The van der Waals surface area contributed by atoms with Gasteiger partial charge >= 0.3 is 5.96 Å². The number of hydrogen-bond acceptors (Lipinski definition) is 1. The Morgan fingerprint density at radius 1 is 0.767 bits per heavy atom. The topological polar surface area (TPSA) is 37.1 Å². The van der Waals surface area contributed by atoms with Gasteiger partial charge in [0.2, 0.25) is 0 Å². The summed E-state index contributed by atoms with van der Waals surface area (Å²) >= 11 is 0. The molecule has 0 spiro atoms. The molecular weight excluding hydrogens is 372 g/mol. The maximum absolute atomic E-state index is 5.06. The van der Waals surface area contributed by atoms with Crippen LogP contribution in [0, 0.1) is 5.92 Å². The van der Waals surface area contributed by atoms with Gasteiger partial charge in [0.15, 0.2) is 5.96 Å². The molecule has 0 heterocycles. The van der Waals surface area contributed by atoms with Crippen molar-refractivity contribution < 1.29 is 4.58 Å². The van der Waals surface area contributed by atoms with E-state index in [0.29, 0.717) is 5.92 Å². The lowest BCUT2D eigenvalue weighted by Crippen LogP contribution is -2.48. The predicted molar refractivity (Wildman–Crippen MR) is 134 cm³/mol. The molecule has 0 aromatic carbocycles. The molecule has 0 saturated heterocycles. The van der Waals surface area contributed by atoms with Crippen molar-refractivity contribution in [3.8, 4) is 0 Å². The molecule has 0 amide bonds. The highest BCUT2D eigenvalue weighted by Gasteiger charge is 2.18. The minimum Gasteiger partial charge on any atom is -0.343 e. The van der Waals surface area contributed by atoms with Crippen LogP contribution >= 0.6 is 0 Å². The standard InChI is InChI=1S/C24H52N6/c1-10-27(11-2)23(28(12-3)13-4)25-20-18-19-22(9)21-26-24(29(14-5)15-6)30(16-7)17-8/h22H,10-21H2,1-9H3/p+1. The Kier molecular flexibility index (Phi) is 16.4. The van der Waals surface area contributed by atoms with Gasteiger partial charge in [-0.1, -0.05) is 6.92 Å². The molecule has 30 heavy (non-hydrogen) atoms. The summed E-state index contributed by atoms with van der Waals surface area (Å²) in [7, 11) is 0. The Balaban J connectivity index is 4.86. The fourth-order valence-electron chi connectivity index (χ4n) is 3.86. The average Bonchev–Trinajstić information content (AvgIpc) is 2.77. The zero-order chi connectivity index (χ0) is 22.9. The van der Waals surface area contributed by atoms with E-state index in [1.54, 1.807) is 0 Å². The Labute approximate surface area is 188 Å². The number of aliphatic imine (C=N–C) groups is 1. The first-order valence-corrected chi connectivity index (χ1v) is 12.6. The molecule has 0 saturated carbocycles. The molecule has 0 aliphatic heterocycles. The Bertz CT molecular complexity index is 456. The third-order valence-corrected chi connectivity index (χ3v) is 5.92. The molecular formula is C24H53N6+. The highest BCUT2D eigenvalue weighted by molar-refractivity contribution is 5.80. The average molecular weight is 426 g/mol. The van der Waals surface area contributed by atoms with Crippen LogP contribution in [0.5, 0.6) is 0 Å². The fraction of sp³-hybridized carbons (Fsp3) is 0.917. The van der Waals surface area contributed by atoms with E-state index in [1.807, 2.05) is 0 Å². The summed E-state index contributed by atoms with van der Waals surface area (Å²) < 4.78 is 2.43. The summed E-state index contributed by atoms with van der Waals surface area (Å²) in [5.41, 5.74) is 0. The molecule has 1 atom stereocenters. The summed E-state index contributed by atoms with van der Waals surface area (Å²) in [6.07, 6.45) is 2.37. The van der Waals surface area contributed by atoms with Crippen LogP contribution in [0.1, 0.15) is 75.2 Å². The summed E-state index contributed by atoms with van der Waals surface area (Å²) in [5.74, 6) is 3.06. The van der Waals surface area contributed by atoms with E-state index in [1.165, 1.54) is 24.8 Å². The summed E-state index contributed by atoms with van der Waals surface area (Å²) in [6, 6.07) is 0. The van der Waals surface area contributed by atoms with Crippen molar-refractivity contribution in [3.63, 3.8) is 0 Å². The first-order valence-electron chi connectivity index (χ1n) is 12.6. The van der Waals surface area contributed by atoms with Crippen molar-refractivity contribution in [1.29, 1.82) is 0 Å². The summed E-state index contributed by atoms with van der Waals surface area (Å²) in [4.78, 5) is 12.3. The number of nitrogens with one attached hydrogen (secondary N) is 1. The zero-order valence-corrected chi connectivity index (χ0v) is 21.8. The first-order chi connectivity index (χ1) is 14.5. The largest absolute Gasteiger partial charge is 0.348 e. The van der Waals surface area contributed by atoms with Crippen molar-refractivity contribution in [2.75, 3.05) is 65.4 Å². The third-order valence-electron chi connectivity index (χ3n) is 5.92. The van der Waals surface area contributed by atoms with E-state index < -0.39 is 0 Å². The van der Waals surface area contributed by atoms with Crippen LogP contribution in [0.2, 0.25) is 0 Å². The normalized spacial score (nSPS) is 11.6. The number of rotatable bonds is 14. The van der Waals surface area contributed by atoms with Crippen LogP contribution in [0.25, 0.3) is 0 Å². The van der Waals surface area contributed by atoms with Crippen LogP contribution in [-0.2, 0) is 0 Å². The molecule has 0 fully saturated rings. The van der Waals surface area contributed by atoms with Gasteiger partial charge in [0, 0.05) is 32.7 Å². The lowest BCUT2D eigenvalue weighted by atomic mass is 10.1. The minimum absolute atomic E-state index is 0.596. The van der Waals surface area contributed by atoms with Gasteiger partial charge in [-0.15, -0.1) is 0 Å². The van der Waals surface area contributed by atoms with Crippen molar-refractivity contribution in [2.45, 2.75) is 75.2 Å². The molecule has 6 nitrogen and oxygen atoms in total. The highest BCUT2D eigenvalue weighted by atomic mass is 15.4. The zero-order valence-electron chi connectivity index (χ0n) is 21.8. The van der Waals surface area contributed by atoms with Crippen molar-refractivity contribution in [2.24, 2.45) is 10.9 Å². The summed E-state index contributed by atoms with van der Waals surface area (Å²) in [5, 5.41) is 3.73. The smallest absolute Gasteiger partial charge is 0.343 e. The number of nitrogens with zero attached hydrogens (tertiary/aromatic N) is 5. The molecule has 0 aliphatic rings.